The molecule has 0 saturated heterocycles. The van der Waals surface area contributed by atoms with Crippen molar-refractivity contribution < 1.29 is 14.8 Å². The first-order valence-electron chi connectivity index (χ1n) is 6.81. The van der Waals surface area contributed by atoms with Crippen molar-refractivity contribution in [3.63, 3.8) is 0 Å². The Balaban J connectivity index is 2.58. The van der Waals surface area contributed by atoms with Crippen LogP contribution < -0.4 is 9.88 Å². The number of aliphatic hydroxyl groups is 2. The van der Waals surface area contributed by atoms with Gasteiger partial charge in [-0.3, -0.25) is 0 Å². The fraction of sp³-hybridized carbons (Fsp3) is 0.769. The minimum atomic E-state index is -0.539. The van der Waals surface area contributed by atoms with Crippen molar-refractivity contribution in [1.29, 1.82) is 0 Å². The molecule has 0 aliphatic carbocycles. The summed E-state index contributed by atoms with van der Waals surface area (Å²) in [6.45, 7) is 4.18. The first kappa shape index (κ1) is 17.7. The van der Waals surface area contributed by atoms with E-state index in [0.29, 0.717) is 12.4 Å². The van der Waals surface area contributed by atoms with E-state index in [2.05, 4.69) is 9.88 Å². The van der Waals surface area contributed by atoms with Gasteiger partial charge in [-0.2, -0.15) is 0 Å². The molecule has 0 aliphatic heterocycles. The third kappa shape index (κ3) is 5.58. The topological polar surface area (TPSA) is 61.3 Å². The van der Waals surface area contributed by atoms with E-state index in [9.17, 15) is 5.11 Å². The summed E-state index contributed by atoms with van der Waals surface area (Å²) in [7, 11) is 0. The minimum absolute atomic E-state index is 0.153. The van der Waals surface area contributed by atoms with Crippen LogP contribution in [0.3, 0.4) is 0 Å². The number of hydrogen-bond donors (Lipinski definition) is 3. The van der Waals surface area contributed by atoms with E-state index in [-0.39, 0.29) is 18.5 Å². The van der Waals surface area contributed by atoms with Crippen molar-refractivity contribution >= 4 is 23.2 Å². The smallest absolute Gasteiger partial charge is 0.253 e. The highest BCUT2D eigenvalue weighted by molar-refractivity contribution is 6.18. The predicted octanol–water partition coefficient (Wildman–Crippen LogP) is 0.263. The Morgan fingerprint density at radius 3 is 2.75 bits per heavy atom. The van der Waals surface area contributed by atoms with Crippen LogP contribution >= 0.6 is 23.2 Å². The van der Waals surface area contributed by atoms with E-state index in [0.717, 1.165) is 25.3 Å². The van der Waals surface area contributed by atoms with Gasteiger partial charge >= 0.3 is 0 Å². The number of nitrogens with one attached hydrogen (secondary N) is 1. The molecule has 0 aliphatic rings. The Morgan fingerprint density at radius 1 is 1.40 bits per heavy atom. The van der Waals surface area contributed by atoms with Crippen LogP contribution in [-0.4, -0.2) is 51.8 Å². The zero-order valence-electron chi connectivity index (χ0n) is 11.8. The van der Waals surface area contributed by atoms with Crippen molar-refractivity contribution in [1.82, 2.24) is 9.88 Å². The lowest BCUT2D eigenvalue weighted by Crippen LogP contribution is -2.48. The second-order valence-electron chi connectivity index (χ2n) is 4.84. The van der Waals surface area contributed by atoms with Gasteiger partial charge < -0.3 is 15.5 Å². The van der Waals surface area contributed by atoms with Crippen LogP contribution in [0.4, 0.5) is 0 Å². The van der Waals surface area contributed by atoms with Gasteiger partial charge in [0.05, 0.1) is 11.9 Å². The molecule has 0 saturated carbocycles. The van der Waals surface area contributed by atoms with E-state index in [1.54, 1.807) is 0 Å². The molecule has 0 aromatic carbocycles. The molecule has 3 N–H and O–H groups in total. The predicted molar refractivity (Wildman–Crippen MR) is 80.3 cm³/mol. The molecule has 2 unspecified atom stereocenters. The molecule has 1 aromatic heterocycles. The molecule has 0 fully saturated rings. The summed E-state index contributed by atoms with van der Waals surface area (Å²) >= 11 is 11.6. The van der Waals surface area contributed by atoms with Gasteiger partial charge in [0.2, 0.25) is 0 Å². The summed E-state index contributed by atoms with van der Waals surface area (Å²) in [5, 5.41) is 21.7. The number of aromatic nitrogens is 2. The molecule has 2 atom stereocenters. The van der Waals surface area contributed by atoms with Crippen LogP contribution in [0.2, 0.25) is 0 Å². The molecule has 0 bridgehead atoms. The Morgan fingerprint density at radius 2 is 2.15 bits per heavy atom. The number of rotatable bonds is 10. The molecule has 0 amide bonds. The van der Waals surface area contributed by atoms with Gasteiger partial charge in [-0.05, 0) is 13.0 Å². The number of nitrogens with zero attached hydrogens (tertiary/aromatic N) is 2. The van der Waals surface area contributed by atoms with Gasteiger partial charge in [0, 0.05) is 19.4 Å². The van der Waals surface area contributed by atoms with Crippen molar-refractivity contribution in [2.45, 2.75) is 38.6 Å². The van der Waals surface area contributed by atoms with E-state index < -0.39 is 6.10 Å². The zero-order chi connectivity index (χ0) is 15.0. The molecule has 20 heavy (non-hydrogen) atoms. The molecule has 116 valence electrons. The van der Waals surface area contributed by atoms with Crippen LogP contribution in [-0.2, 0) is 13.1 Å². The van der Waals surface area contributed by atoms with Crippen LogP contribution in [0.5, 0.6) is 0 Å². The first-order valence-corrected chi connectivity index (χ1v) is 7.88. The molecule has 7 heteroatoms. The maximum absolute atomic E-state index is 9.60. The Hall–Kier alpha value is -0.330. The number of aliphatic hydroxyl groups excluding tert-OH is 2. The first-order chi connectivity index (χ1) is 9.62. The van der Waals surface area contributed by atoms with Crippen LogP contribution in [0, 0.1) is 6.92 Å². The van der Waals surface area contributed by atoms with Crippen LogP contribution in [0.1, 0.15) is 12.2 Å². The largest absolute Gasteiger partial charge is 0.396 e. The summed E-state index contributed by atoms with van der Waals surface area (Å²) in [6, 6.07) is 0.153. The molecule has 0 spiro atoms. The highest BCUT2D eigenvalue weighted by Crippen LogP contribution is 2.00. The lowest BCUT2D eigenvalue weighted by atomic mass is 10.3. The number of hydrogen-bond acceptors (Lipinski definition) is 3. The quantitative estimate of drug-likeness (QED) is 0.329. The molecule has 1 aromatic rings. The third-order valence-corrected chi connectivity index (χ3v) is 3.94. The molecule has 1 rings (SSSR count). The van der Waals surface area contributed by atoms with Crippen molar-refractivity contribution in [3.05, 3.63) is 18.2 Å². The average molecular weight is 325 g/mol. The lowest BCUT2D eigenvalue weighted by molar-refractivity contribution is -0.704. The normalized spacial score (nSPS) is 14.4. The summed E-state index contributed by atoms with van der Waals surface area (Å²) in [5.41, 5.74) is 0. The van der Waals surface area contributed by atoms with Crippen LogP contribution in [0.15, 0.2) is 12.4 Å². The Labute approximate surface area is 130 Å². The van der Waals surface area contributed by atoms with Gasteiger partial charge in [-0.1, -0.05) is 0 Å². The second-order valence-corrected chi connectivity index (χ2v) is 5.46. The Bertz CT molecular complexity index is 388. The second kappa shape index (κ2) is 9.58. The molecule has 5 nitrogen and oxygen atoms in total. The fourth-order valence-corrected chi connectivity index (χ4v) is 2.30. The lowest BCUT2D eigenvalue weighted by Gasteiger charge is -2.14. The Kier molecular flexibility index (Phi) is 8.49. The maximum Gasteiger partial charge on any atom is 0.253 e. The van der Waals surface area contributed by atoms with E-state index >= 15 is 0 Å². The summed E-state index contributed by atoms with van der Waals surface area (Å²) in [6.07, 6.45) is 4.09. The average Bonchev–Trinajstić information content (AvgIpc) is 2.79. The molecule has 0 radical (unpaired) electrons. The van der Waals surface area contributed by atoms with Gasteiger partial charge in [0.1, 0.15) is 31.6 Å². The van der Waals surface area contributed by atoms with Crippen LogP contribution in [0.25, 0.3) is 0 Å². The minimum Gasteiger partial charge on any atom is -0.396 e. The van der Waals surface area contributed by atoms with E-state index in [4.69, 9.17) is 28.3 Å². The molecular formula is C13H24Cl2N3O2+. The maximum atomic E-state index is 9.60. The highest BCUT2D eigenvalue weighted by Gasteiger charge is 2.18. The molecular weight excluding hydrogens is 301 g/mol. The van der Waals surface area contributed by atoms with E-state index in [1.807, 2.05) is 23.9 Å². The van der Waals surface area contributed by atoms with Crippen molar-refractivity contribution in [2.24, 2.45) is 0 Å². The molecule has 1 heterocycles. The third-order valence-electron chi connectivity index (χ3n) is 3.21. The number of imidazole rings is 1. The highest BCUT2D eigenvalue weighted by atomic mass is 35.5. The van der Waals surface area contributed by atoms with E-state index in [1.165, 1.54) is 0 Å². The number of alkyl halides is 2. The standard InChI is InChI=1S/C13H24Cl2N3O2/c1-11-17(4-5-18(11)10-13(20)8-15)9-12(7-14)16-3-2-6-19/h4-5,12-13,16,19-20H,2-3,6-10H2,1H3/q+1. The summed E-state index contributed by atoms with van der Waals surface area (Å²) in [4.78, 5) is 0. The van der Waals surface area contributed by atoms with Gasteiger partial charge in [0.15, 0.2) is 0 Å². The van der Waals surface area contributed by atoms with Crippen molar-refractivity contribution in [3.8, 4) is 0 Å². The summed E-state index contributed by atoms with van der Waals surface area (Å²) in [5.74, 6) is 1.78. The van der Waals surface area contributed by atoms with Gasteiger partial charge in [-0.15, -0.1) is 23.2 Å². The van der Waals surface area contributed by atoms with Gasteiger partial charge in [-0.25, -0.2) is 9.13 Å². The monoisotopic (exact) mass is 324 g/mol. The summed E-state index contributed by atoms with van der Waals surface area (Å²) < 4.78 is 4.08. The van der Waals surface area contributed by atoms with Crippen molar-refractivity contribution in [2.75, 3.05) is 24.9 Å². The number of halogens is 2. The fourth-order valence-electron chi connectivity index (χ4n) is 1.99. The SMILES string of the molecule is Cc1n(CC(O)CCl)cc[n+]1CC(CCl)NCCCO. The van der Waals surface area contributed by atoms with Gasteiger partial charge in [0.25, 0.3) is 5.82 Å². The zero-order valence-corrected chi connectivity index (χ0v) is 13.3.